The van der Waals surface area contributed by atoms with Crippen molar-refractivity contribution >= 4 is 5.97 Å². The predicted octanol–water partition coefficient (Wildman–Crippen LogP) is 3.30. The van der Waals surface area contributed by atoms with E-state index < -0.39 is 11.9 Å². The molecule has 0 saturated heterocycles. The van der Waals surface area contributed by atoms with E-state index in [-0.39, 0.29) is 0 Å². The molecule has 0 fully saturated rings. The van der Waals surface area contributed by atoms with Gasteiger partial charge >= 0.3 is 5.97 Å². The molecule has 0 aliphatic carbocycles. The Morgan fingerprint density at radius 2 is 1.86 bits per heavy atom. The van der Waals surface area contributed by atoms with Crippen molar-refractivity contribution in [3.05, 3.63) is 71.3 Å². The van der Waals surface area contributed by atoms with Gasteiger partial charge in [-0.2, -0.15) is 0 Å². The molecule has 2 aromatic rings. The summed E-state index contributed by atoms with van der Waals surface area (Å²) in [4.78, 5) is 13.6. The van der Waals surface area contributed by atoms with Crippen LogP contribution in [-0.2, 0) is 11.3 Å². The molecule has 0 aliphatic heterocycles. The first-order valence-corrected chi connectivity index (χ1v) is 7.08. The van der Waals surface area contributed by atoms with Crippen molar-refractivity contribution in [2.24, 2.45) is 0 Å². The van der Waals surface area contributed by atoms with Crippen LogP contribution in [0.3, 0.4) is 0 Å². The van der Waals surface area contributed by atoms with Crippen molar-refractivity contribution in [3.8, 4) is 0 Å². The van der Waals surface area contributed by atoms with Crippen molar-refractivity contribution in [3.63, 3.8) is 0 Å². The second-order valence-corrected chi connectivity index (χ2v) is 5.49. The number of hydrogen-bond acceptors (Lipinski definition) is 2. The molecule has 0 aliphatic rings. The lowest BCUT2D eigenvalue weighted by atomic mass is 9.98. The summed E-state index contributed by atoms with van der Waals surface area (Å²) in [5, 5.41) is 9.46. The normalized spacial score (nSPS) is 12.3. The molecule has 0 saturated carbocycles. The molecule has 3 heteroatoms. The first-order chi connectivity index (χ1) is 10.1. The number of nitrogens with zero attached hydrogens (tertiary/aromatic N) is 1. The Hall–Kier alpha value is -2.13. The molecular weight excluding hydrogens is 262 g/mol. The van der Waals surface area contributed by atoms with Gasteiger partial charge in [0.1, 0.15) is 0 Å². The standard InChI is InChI=1S/C18H21NO2/c1-14-7-6-8-15(11-14)12-19(2)13-17(18(20)21)16-9-4-3-5-10-16/h3-11,17H,12-13H2,1-2H3,(H,20,21). The molecule has 21 heavy (non-hydrogen) atoms. The maximum absolute atomic E-state index is 11.5. The third-order valence-corrected chi connectivity index (χ3v) is 3.53. The summed E-state index contributed by atoms with van der Waals surface area (Å²) >= 11 is 0. The highest BCUT2D eigenvalue weighted by molar-refractivity contribution is 5.76. The summed E-state index contributed by atoms with van der Waals surface area (Å²) < 4.78 is 0. The lowest BCUT2D eigenvalue weighted by molar-refractivity contribution is -0.139. The third-order valence-electron chi connectivity index (χ3n) is 3.53. The summed E-state index contributed by atoms with van der Waals surface area (Å²) in [5.74, 6) is -1.28. The highest BCUT2D eigenvalue weighted by Gasteiger charge is 2.21. The minimum atomic E-state index is -0.780. The average molecular weight is 283 g/mol. The van der Waals surface area contributed by atoms with Crippen LogP contribution in [0.4, 0.5) is 0 Å². The third kappa shape index (κ3) is 4.43. The van der Waals surface area contributed by atoms with Gasteiger partial charge in [0.15, 0.2) is 0 Å². The summed E-state index contributed by atoms with van der Waals surface area (Å²) in [6, 6.07) is 17.7. The first-order valence-electron chi connectivity index (χ1n) is 7.08. The van der Waals surface area contributed by atoms with Crippen LogP contribution < -0.4 is 0 Å². The number of likely N-dealkylation sites (N-methyl/N-ethyl adjacent to an activating group) is 1. The van der Waals surface area contributed by atoms with Gasteiger partial charge < -0.3 is 10.0 Å². The van der Waals surface area contributed by atoms with Crippen LogP contribution in [0.25, 0.3) is 0 Å². The van der Waals surface area contributed by atoms with Gasteiger partial charge in [-0.15, -0.1) is 0 Å². The Kier molecular flexibility index (Phi) is 5.12. The van der Waals surface area contributed by atoms with E-state index >= 15 is 0 Å². The number of carboxylic acids is 1. The van der Waals surface area contributed by atoms with Crippen LogP contribution in [-0.4, -0.2) is 29.6 Å². The molecule has 1 atom stereocenters. The molecule has 2 rings (SSSR count). The van der Waals surface area contributed by atoms with Gasteiger partial charge in [0.25, 0.3) is 0 Å². The second kappa shape index (κ2) is 7.04. The Labute approximate surface area is 125 Å². The number of aryl methyl sites for hydroxylation is 1. The molecule has 2 aromatic carbocycles. The van der Waals surface area contributed by atoms with E-state index in [1.54, 1.807) is 0 Å². The zero-order valence-corrected chi connectivity index (χ0v) is 12.5. The number of carbonyl (C=O) groups is 1. The molecule has 0 aromatic heterocycles. The molecule has 3 nitrogen and oxygen atoms in total. The van der Waals surface area contributed by atoms with E-state index in [1.165, 1.54) is 11.1 Å². The van der Waals surface area contributed by atoms with E-state index in [1.807, 2.05) is 43.4 Å². The van der Waals surface area contributed by atoms with E-state index in [2.05, 4.69) is 30.0 Å². The largest absolute Gasteiger partial charge is 0.481 e. The van der Waals surface area contributed by atoms with E-state index in [4.69, 9.17) is 0 Å². The van der Waals surface area contributed by atoms with E-state index in [0.717, 1.165) is 12.1 Å². The smallest absolute Gasteiger partial charge is 0.312 e. The minimum absolute atomic E-state index is 0.493. The SMILES string of the molecule is Cc1cccc(CN(C)CC(C(=O)O)c2ccccc2)c1. The summed E-state index contributed by atoms with van der Waals surface area (Å²) in [6.45, 7) is 3.30. The molecule has 0 radical (unpaired) electrons. The molecule has 1 N–H and O–H groups in total. The fourth-order valence-electron chi connectivity index (χ4n) is 2.51. The predicted molar refractivity (Wildman–Crippen MR) is 84.3 cm³/mol. The van der Waals surface area contributed by atoms with Crippen molar-refractivity contribution < 1.29 is 9.90 Å². The molecule has 1 unspecified atom stereocenters. The summed E-state index contributed by atoms with van der Waals surface area (Å²) in [7, 11) is 1.96. The quantitative estimate of drug-likeness (QED) is 0.884. The molecule has 0 heterocycles. The number of hydrogen-bond donors (Lipinski definition) is 1. The number of benzene rings is 2. The molecule has 0 spiro atoms. The van der Waals surface area contributed by atoms with Crippen LogP contribution in [0.5, 0.6) is 0 Å². The van der Waals surface area contributed by atoms with Gasteiger partial charge in [0, 0.05) is 13.1 Å². The molecule has 110 valence electrons. The second-order valence-electron chi connectivity index (χ2n) is 5.49. The molecular formula is C18H21NO2. The number of rotatable bonds is 6. The zero-order chi connectivity index (χ0) is 15.2. The van der Waals surface area contributed by atoms with Gasteiger partial charge in [-0.05, 0) is 25.1 Å². The lowest BCUT2D eigenvalue weighted by Gasteiger charge is -2.22. The summed E-state index contributed by atoms with van der Waals surface area (Å²) in [6.07, 6.45) is 0. The van der Waals surface area contributed by atoms with Gasteiger partial charge in [-0.25, -0.2) is 0 Å². The highest BCUT2D eigenvalue weighted by atomic mass is 16.4. The topological polar surface area (TPSA) is 40.5 Å². The highest BCUT2D eigenvalue weighted by Crippen LogP contribution is 2.18. The number of carboxylic acid groups (broad SMARTS) is 1. The van der Waals surface area contributed by atoms with Crippen LogP contribution in [0.2, 0.25) is 0 Å². The number of aliphatic carboxylic acids is 1. The molecule has 0 bridgehead atoms. The monoisotopic (exact) mass is 283 g/mol. The maximum atomic E-state index is 11.5. The van der Waals surface area contributed by atoms with E-state index in [0.29, 0.717) is 6.54 Å². The van der Waals surface area contributed by atoms with Gasteiger partial charge in [0.05, 0.1) is 5.92 Å². The maximum Gasteiger partial charge on any atom is 0.312 e. The Bertz CT molecular complexity index is 595. The van der Waals surface area contributed by atoms with Gasteiger partial charge in [0.2, 0.25) is 0 Å². The van der Waals surface area contributed by atoms with Crippen molar-refractivity contribution in [2.75, 3.05) is 13.6 Å². The Morgan fingerprint density at radius 1 is 1.14 bits per heavy atom. The van der Waals surface area contributed by atoms with E-state index in [9.17, 15) is 9.90 Å². The zero-order valence-electron chi connectivity index (χ0n) is 12.5. The Balaban J connectivity index is 2.05. The van der Waals surface area contributed by atoms with Crippen LogP contribution in [0, 0.1) is 6.92 Å². The van der Waals surface area contributed by atoms with Crippen LogP contribution >= 0.6 is 0 Å². The van der Waals surface area contributed by atoms with Gasteiger partial charge in [-0.1, -0.05) is 60.2 Å². The van der Waals surface area contributed by atoms with Crippen molar-refractivity contribution in [2.45, 2.75) is 19.4 Å². The van der Waals surface area contributed by atoms with Gasteiger partial charge in [-0.3, -0.25) is 4.79 Å². The first kappa shape index (κ1) is 15.3. The average Bonchev–Trinajstić information content (AvgIpc) is 2.45. The van der Waals surface area contributed by atoms with Crippen LogP contribution in [0.1, 0.15) is 22.6 Å². The van der Waals surface area contributed by atoms with Crippen LogP contribution in [0.15, 0.2) is 54.6 Å². The van der Waals surface area contributed by atoms with Crippen molar-refractivity contribution in [1.82, 2.24) is 4.90 Å². The Morgan fingerprint density at radius 3 is 2.48 bits per heavy atom. The van der Waals surface area contributed by atoms with Crippen molar-refractivity contribution in [1.29, 1.82) is 0 Å². The lowest BCUT2D eigenvalue weighted by Crippen LogP contribution is -2.28. The molecule has 0 amide bonds. The minimum Gasteiger partial charge on any atom is -0.481 e. The summed E-state index contributed by atoms with van der Waals surface area (Å²) in [5.41, 5.74) is 3.27. The fraction of sp³-hybridized carbons (Fsp3) is 0.278. The fourth-order valence-corrected chi connectivity index (χ4v) is 2.51.